The highest BCUT2D eigenvalue weighted by Gasteiger charge is 2.25. The first kappa shape index (κ1) is 24.4. The molecule has 1 aliphatic rings. The number of Topliss-reactive ketones (excluding diaryl/α,β-unsaturated/α-hetero) is 1. The third kappa shape index (κ3) is 5.67. The Kier molecular flexibility index (Phi) is 8.08. The van der Waals surface area contributed by atoms with E-state index in [2.05, 4.69) is 22.8 Å². The number of halogens is 1. The number of rotatable bonds is 9. The van der Waals surface area contributed by atoms with E-state index in [-0.39, 0.29) is 22.9 Å². The van der Waals surface area contributed by atoms with Crippen LogP contribution < -0.4 is 0 Å². The fraction of sp³-hybridized carbons (Fsp3) is 0.231. The molecule has 1 aliphatic heterocycles. The fourth-order valence-electron chi connectivity index (χ4n) is 3.82. The third-order valence-corrected chi connectivity index (χ3v) is 6.43. The number of allylic oxidation sites excluding steroid dienone is 2. The average Bonchev–Trinajstić information content (AvgIpc) is 3.30. The van der Waals surface area contributed by atoms with Crippen molar-refractivity contribution in [1.82, 2.24) is 19.7 Å². The molecular formula is C26H24FN5O2S. The number of thioether (sulfide) groups is 1. The topological polar surface area (TPSA) is 84.0 Å². The Morgan fingerprint density at radius 2 is 1.86 bits per heavy atom. The van der Waals surface area contributed by atoms with Gasteiger partial charge in [-0.25, -0.2) is 4.39 Å². The minimum Gasteiger partial charge on any atom is -0.378 e. The maximum atomic E-state index is 13.6. The summed E-state index contributed by atoms with van der Waals surface area (Å²) in [5.74, 6) is -0.0390. The van der Waals surface area contributed by atoms with E-state index in [4.69, 9.17) is 4.74 Å². The van der Waals surface area contributed by atoms with Crippen molar-refractivity contribution in [3.63, 3.8) is 0 Å². The summed E-state index contributed by atoms with van der Waals surface area (Å²) in [4.78, 5) is 15.3. The summed E-state index contributed by atoms with van der Waals surface area (Å²) in [6.45, 7) is 6.33. The number of hydrogen-bond acceptors (Lipinski definition) is 7. The molecule has 1 aromatic heterocycles. The Bertz CT molecular complexity index is 1260. The molecule has 0 saturated carbocycles. The lowest BCUT2D eigenvalue weighted by Crippen LogP contribution is -2.36. The van der Waals surface area contributed by atoms with Crippen LogP contribution in [0.15, 0.2) is 78.0 Å². The van der Waals surface area contributed by atoms with Crippen LogP contribution >= 0.6 is 11.8 Å². The van der Waals surface area contributed by atoms with E-state index in [9.17, 15) is 14.4 Å². The Morgan fingerprint density at radius 1 is 1.14 bits per heavy atom. The van der Waals surface area contributed by atoms with Gasteiger partial charge in [0.25, 0.3) is 0 Å². The van der Waals surface area contributed by atoms with E-state index in [0.717, 1.165) is 5.56 Å². The molecule has 0 amide bonds. The summed E-state index contributed by atoms with van der Waals surface area (Å²) in [5, 5.41) is 19.1. The molecule has 0 radical (unpaired) electrons. The van der Waals surface area contributed by atoms with E-state index in [1.807, 2.05) is 39.8 Å². The van der Waals surface area contributed by atoms with Crippen LogP contribution in [0.1, 0.15) is 5.56 Å². The van der Waals surface area contributed by atoms with Crippen LogP contribution in [0.4, 0.5) is 4.39 Å². The summed E-state index contributed by atoms with van der Waals surface area (Å²) >= 11 is 1.22. The Morgan fingerprint density at radius 3 is 2.51 bits per heavy atom. The van der Waals surface area contributed by atoms with Crippen LogP contribution in [0.3, 0.4) is 0 Å². The van der Waals surface area contributed by atoms with E-state index in [0.29, 0.717) is 55.1 Å². The van der Waals surface area contributed by atoms with E-state index in [1.54, 1.807) is 18.2 Å². The molecule has 0 atom stereocenters. The zero-order valence-electron chi connectivity index (χ0n) is 19.1. The fourth-order valence-corrected chi connectivity index (χ4v) is 4.64. The molecule has 2 heterocycles. The van der Waals surface area contributed by atoms with Crippen LogP contribution in [0.2, 0.25) is 0 Å². The highest BCUT2D eigenvalue weighted by Crippen LogP contribution is 2.28. The van der Waals surface area contributed by atoms with Gasteiger partial charge in [-0.2, -0.15) is 5.26 Å². The van der Waals surface area contributed by atoms with Gasteiger partial charge in [-0.1, -0.05) is 48.2 Å². The van der Waals surface area contributed by atoms with Gasteiger partial charge >= 0.3 is 0 Å². The smallest absolute Gasteiger partial charge is 0.192 e. The lowest BCUT2D eigenvalue weighted by Gasteiger charge is -2.32. The number of aromatic nitrogens is 3. The van der Waals surface area contributed by atoms with Crippen LogP contribution in [0, 0.1) is 17.1 Å². The lowest BCUT2D eigenvalue weighted by atomic mass is 10.0. The second-order valence-electron chi connectivity index (χ2n) is 7.73. The third-order valence-electron chi connectivity index (χ3n) is 5.47. The molecule has 35 heavy (non-hydrogen) atoms. The quantitative estimate of drug-likeness (QED) is 0.193. The summed E-state index contributed by atoms with van der Waals surface area (Å²) in [5.41, 5.74) is 2.05. The van der Waals surface area contributed by atoms with E-state index >= 15 is 0 Å². The molecule has 2 aromatic carbocycles. The van der Waals surface area contributed by atoms with E-state index in [1.165, 1.54) is 23.9 Å². The predicted octanol–water partition coefficient (Wildman–Crippen LogP) is 4.20. The summed E-state index contributed by atoms with van der Waals surface area (Å²) in [6, 6.07) is 17.6. The van der Waals surface area contributed by atoms with Gasteiger partial charge in [0.05, 0.1) is 24.7 Å². The largest absolute Gasteiger partial charge is 0.378 e. The van der Waals surface area contributed by atoms with Gasteiger partial charge < -0.3 is 9.64 Å². The zero-order valence-corrected chi connectivity index (χ0v) is 19.9. The van der Waals surface area contributed by atoms with Crippen molar-refractivity contribution < 1.29 is 13.9 Å². The molecular weight excluding hydrogens is 465 g/mol. The van der Waals surface area contributed by atoms with Crippen molar-refractivity contribution in [2.75, 3.05) is 32.1 Å². The van der Waals surface area contributed by atoms with Crippen molar-refractivity contribution in [3.8, 4) is 17.5 Å². The molecule has 4 rings (SSSR count). The van der Waals surface area contributed by atoms with Gasteiger partial charge in [-0.05, 0) is 29.8 Å². The standard InChI is InChI=1S/C26H24FN5O2S/c1-2-12-32-25(20-6-4-3-5-7-20)29-30-26(32)35-18-23(33)22(17-28)24(31-13-15-34-16-14-31)19-8-10-21(27)11-9-19/h2-11H,1,12-16,18H2/b24-22+. The summed E-state index contributed by atoms with van der Waals surface area (Å²) in [7, 11) is 0. The first-order chi connectivity index (χ1) is 17.1. The van der Waals surface area contributed by atoms with Gasteiger partial charge in [0, 0.05) is 25.2 Å². The first-order valence-corrected chi connectivity index (χ1v) is 12.1. The second-order valence-corrected chi connectivity index (χ2v) is 8.67. The zero-order chi connectivity index (χ0) is 24.6. The van der Waals surface area contributed by atoms with Crippen molar-refractivity contribution in [2.24, 2.45) is 0 Å². The Labute approximate surface area is 207 Å². The van der Waals surface area contributed by atoms with Gasteiger partial charge in [0.15, 0.2) is 16.8 Å². The molecule has 7 nitrogen and oxygen atoms in total. The van der Waals surface area contributed by atoms with Crippen molar-refractivity contribution in [1.29, 1.82) is 5.26 Å². The molecule has 178 valence electrons. The lowest BCUT2D eigenvalue weighted by molar-refractivity contribution is -0.112. The molecule has 3 aromatic rings. The number of ketones is 1. The number of carbonyl (C=O) groups excluding carboxylic acids is 1. The highest BCUT2D eigenvalue weighted by atomic mass is 32.2. The summed E-state index contributed by atoms with van der Waals surface area (Å²) < 4.78 is 20.9. The van der Waals surface area contributed by atoms with Crippen LogP contribution in [0.5, 0.6) is 0 Å². The van der Waals surface area contributed by atoms with E-state index < -0.39 is 0 Å². The number of benzene rings is 2. The predicted molar refractivity (Wildman–Crippen MR) is 133 cm³/mol. The maximum Gasteiger partial charge on any atom is 0.192 e. The van der Waals surface area contributed by atoms with Gasteiger partial charge in [-0.3, -0.25) is 9.36 Å². The molecule has 1 saturated heterocycles. The number of hydrogen-bond donors (Lipinski definition) is 0. The maximum absolute atomic E-state index is 13.6. The monoisotopic (exact) mass is 489 g/mol. The van der Waals surface area contributed by atoms with Crippen molar-refractivity contribution >= 4 is 23.2 Å². The number of nitriles is 1. The minimum absolute atomic E-state index is 0.00198. The molecule has 0 unspecified atom stereocenters. The highest BCUT2D eigenvalue weighted by molar-refractivity contribution is 7.99. The van der Waals surface area contributed by atoms with Crippen molar-refractivity contribution in [2.45, 2.75) is 11.7 Å². The molecule has 9 heteroatoms. The normalized spacial score (nSPS) is 14.2. The number of carbonyl (C=O) groups is 1. The molecule has 1 fully saturated rings. The minimum atomic E-state index is -0.383. The molecule has 0 aliphatic carbocycles. The van der Waals surface area contributed by atoms with Crippen molar-refractivity contribution in [3.05, 3.63) is 84.2 Å². The second kappa shape index (κ2) is 11.6. The Hall–Kier alpha value is -3.74. The van der Waals surface area contributed by atoms with Crippen LogP contribution in [-0.4, -0.2) is 57.5 Å². The van der Waals surface area contributed by atoms with Gasteiger partial charge in [0.1, 0.15) is 17.5 Å². The number of morpholine rings is 1. The first-order valence-electron chi connectivity index (χ1n) is 11.1. The molecule has 0 spiro atoms. The van der Waals surface area contributed by atoms with Gasteiger partial charge in [0.2, 0.25) is 0 Å². The molecule has 0 bridgehead atoms. The van der Waals surface area contributed by atoms with Crippen LogP contribution in [0.25, 0.3) is 17.1 Å². The van der Waals surface area contributed by atoms with Gasteiger partial charge in [-0.15, -0.1) is 16.8 Å². The molecule has 0 N–H and O–H groups in total. The summed E-state index contributed by atoms with van der Waals surface area (Å²) in [6.07, 6.45) is 1.74. The average molecular weight is 490 g/mol. The number of nitrogens with zero attached hydrogens (tertiary/aromatic N) is 5. The Balaban J connectivity index is 1.63. The van der Waals surface area contributed by atoms with Crippen LogP contribution in [-0.2, 0) is 16.1 Å². The SMILES string of the molecule is C=CCn1c(SCC(=O)/C(C#N)=C(\c2ccc(F)cc2)N2CCOCC2)nnc1-c1ccccc1. The number of ether oxygens (including phenoxy) is 1.